The first kappa shape index (κ1) is 13.7. The lowest BCUT2D eigenvalue weighted by atomic mass is 10.1. The number of hydrogen-bond acceptors (Lipinski definition) is 3. The normalized spacial score (nSPS) is 12.4. The van der Waals surface area contributed by atoms with Crippen molar-refractivity contribution in [3.05, 3.63) is 18.0 Å². The quantitative estimate of drug-likeness (QED) is 0.683. The minimum atomic E-state index is -0.363. The van der Waals surface area contributed by atoms with Crippen LogP contribution in [0.15, 0.2) is 12.4 Å². The second kappa shape index (κ2) is 7.06. The Morgan fingerprint density at radius 3 is 3.00 bits per heavy atom. The van der Waals surface area contributed by atoms with E-state index in [2.05, 4.69) is 10.4 Å². The molecular formula is C12H22N4O. The molecule has 1 atom stereocenters. The zero-order chi connectivity index (χ0) is 12.7. The molecule has 0 saturated carbocycles. The Labute approximate surface area is 102 Å². The molecule has 0 radical (unpaired) electrons. The molecule has 1 aromatic rings. The summed E-state index contributed by atoms with van der Waals surface area (Å²) in [5.74, 6) is -0.0435. The van der Waals surface area contributed by atoms with E-state index < -0.39 is 0 Å². The van der Waals surface area contributed by atoms with Crippen molar-refractivity contribution in [1.29, 1.82) is 0 Å². The number of carbonyl (C=O) groups is 1. The molecule has 3 N–H and O–H groups in total. The van der Waals surface area contributed by atoms with Gasteiger partial charge in [-0.1, -0.05) is 13.3 Å². The average molecular weight is 238 g/mol. The monoisotopic (exact) mass is 238 g/mol. The highest BCUT2D eigenvalue weighted by Gasteiger charge is 2.10. The third-order valence-corrected chi connectivity index (χ3v) is 2.64. The lowest BCUT2D eigenvalue weighted by molar-refractivity contribution is -0.122. The minimum Gasteiger partial charge on any atom is -0.355 e. The summed E-state index contributed by atoms with van der Waals surface area (Å²) in [6, 6.07) is -0.363. The van der Waals surface area contributed by atoms with Crippen LogP contribution in [0.4, 0.5) is 0 Å². The van der Waals surface area contributed by atoms with E-state index in [4.69, 9.17) is 5.73 Å². The van der Waals surface area contributed by atoms with E-state index >= 15 is 0 Å². The van der Waals surface area contributed by atoms with E-state index in [9.17, 15) is 4.79 Å². The molecule has 0 aromatic carbocycles. The summed E-state index contributed by atoms with van der Waals surface area (Å²) in [5.41, 5.74) is 6.89. The fraction of sp³-hybridized carbons (Fsp3) is 0.667. The van der Waals surface area contributed by atoms with Crippen molar-refractivity contribution in [2.24, 2.45) is 12.8 Å². The standard InChI is InChI=1S/C12H22N4O/c1-3-5-11(13)12(17)14-7-4-6-10-8-15-16(2)9-10/h8-9,11H,3-7,13H2,1-2H3,(H,14,17). The van der Waals surface area contributed by atoms with Gasteiger partial charge in [0, 0.05) is 19.8 Å². The first-order chi connectivity index (χ1) is 8.13. The molecule has 1 aromatic heterocycles. The fourth-order valence-electron chi connectivity index (χ4n) is 1.68. The van der Waals surface area contributed by atoms with Crippen molar-refractivity contribution in [1.82, 2.24) is 15.1 Å². The predicted molar refractivity (Wildman–Crippen MR) is 67.4 cm³/mol. The fourth-order valence-corrected chi connectivity index (χ4v) is 1.68. The second-order valence-electron chi connectivity index (χ2n) is 4.31. The molecular weight excluding hydrogens is 216 g/mol. The van der Waals surface area contributed by atoms with E-state index in [1.54, 1.807) is 4.68 Å². The van der Waals surface area contributed by atoms with Gasteiger partial charge in [-0.15, -0.1) is 0 Å². The van der Waals surface area contributed by atoms with E-state index in [1.807, 2.05) is 26.4 Å². The Hall–Kier alpha value is -1.36. The highest BCUT2D eigenvalue weighted by atomic mass is 16.2. The summed E-state index contributed by atoms with van der Waals surface area (Å²) in [6.07, 6.45) is 7.36. The maximum Gasteiger partial charge on any atom is 0.236 e. The van der Waals surface area contributed by atoms with Crippen LogP contribution in [0.5, 0.6) is 0 Å². The number of aromatic nitrogens is 2. The molecule has 0 saturated heterocycles. The van der Waals surface area contributed by atoms with E-state index in [-0.39, 0.29) is 11.9 Å². The number of amides is 1. The molecule has 0 bridgehead atoms. The van der Waals surface area contributed by atoms with Gasteiger partial charge in [0.2, 0.25) is 5.91 Å². The van der Waals surface area contributed by atoms with Crippen LogP contribution < -0.4 is 11.1 Å². The second-order valence-corrected chi connectivity index (χ2v) is 4.31. The first-order valence-corrected chi connectivity index (χ1v) is 6.14. The predicted octanol–water partition coefficient (Wildman–Crippen LogP) is 0.596. The van der Waals surface area contributed by atoms with Gasteiger partial charge in [0.1, 0.15) is 0 Å². The lowest BCUT2D eigenvalue weighted by Gasteiger charge is -2.10. The van der Waals surface area contributed by atoms with Gasteiger partial charge in [-0.2, -0.15) is 5.10 Å². The van der Waals surface area contributed by atoms with Crippen LogP contribution in [-0.4, -0.2) is 28.3 Å². The van der Waals surface area contributed by atoms with Crippen molar-refractivity contribution in [2.45, 2.75) is 38.6 Å². The largest absolute Gasteiger partial charge is 0.355 e. The number of rotatable bonds is 7. The van der Waals surface area contributed by atoms with Gasteiger partial charge in [0.25, 0.3) is 0 Å². The Morgan fingerprint density at radius 1 is 1.65 bits per heavy atom. The van der Waals surface area contributed by atoms with Gasteiger partial charge < -0.3 is 11.1 Å². The topological polar surface area (TPSA) is 72.9 Å². The SMILES string of the molecule is CCCC(N)C(=O)NCCCc1cnn(C)c1. The van der Waals surface area contributed by atoms with E-state index in [1.165, 1.54) is 5.56 Å². The molecule has 1 rings (SSSR count). The maximum absolute atomic E-state index is 11.5. The van der Waals surface area contributed by atoms with Gasteiger partial charge in [-0.05, 0) is 24.8 Å². The van der Waals surface area contributed by atoms with Crippen LogP contribution in [0.25, 0.3) is 0 Å². The minimum absolute atomic E-state index is 0.0435. The zero-order valence-electron chi connectivity index (χ0n) is 10.6. The Morgan fingerprint density at radius 2 is 2.41 bits per heavy atom. The summed E-state index contributed by atoms with van der Waals surface area (Å²) in [7, 11) is 1.90. The van der Waals surface area contributed by atoms with Crippen LogP contribution in [0.3, 0.4) is 0 Å². The van der Waals surface area contributed by atoms with Crippen molar-refractivity contribution in [3.63, 3.8) is 0 Å². The average Bonchev–Trinajstić information content (AvgIpc) is 2.70. The molecule has 96 valence electrons. The molecule has 1 unspecified atom stereocenters. The van der Waals surface area contributed by atoms with Crippen molar-refractivity contribution in [3.8, 4) is 0 Å². The number of carbonyl (C=O) groups excluding carboxylic acids is 1. The Bertz CT molecular complexity index is 348. The third kappa shape index (κ3) is 4.99. The van der Waals surface area contributed by atoms with Crippen molar-refractivity contribution in [2.75, 3.05) is 6.54 Å². The molecule has 0 spiro atoms. The molecule has 1 heterocycles. The molecule has 17 heavy (non-hydrogen) atoms. The number of nitrogens with zero attached hydrogens (tertiary/aromatic N) is 2. The van der Waals surface area contributed by atoms with Crippen LogP contribution in [-0.2, 0) is 18.3 Å². The van der Waals surface area contributed by atoms with Crippen molar-refractivity contribution >= 4 is 5.91 Å². The Kier molecular flexibility index (Phi) is 5.69. The molecule has 0 aliphatic heterocycles. The molecule has 1 amide bonds. The van der Waals surface area contributed by atoms with Gasteiger partial charge >= 0.3 is 0 Å². The summed E-state index contributed by atoms with van der Waals surface area (Å²) in [4.78, 5) is 11.5. The maximum atomic E-state index is 11.5. The summed E-state index contributed by atoms with van der Waals surface area (Å²) >= 11 is 0. The van der Waals surface area contributed by atoms with Gasteiger partial charge in [-0.25, -0.2) is 0 Å². The van der Waals surface area contributed by atoms with Crippen LogP contribution >= 0.6 is 0 Å². The lowest BCUT2D eigenvalue weighted by Crippen LogP contribution is -2.40. The van der Waals surface area contributed by atoms with Gasteiger partial charge in [-0.3, -0.25) is 9.48 Å². The van der Waals surface area contributed by atoms with Gasteiger partial charge in [0.15, 0.2) is 0 Å². The van der Waals surface area contributed by atoms with Crippen LogP contribution in [0.1, 0.15) is 31.7 Å². The number of aryl methyl sites for hydroxylation is 2. The summed E-state index contributed by atoms with van der Waals surface area (Å²) in [6.45, 7) is 2.70. The number of nitrogens with two attached hydrogens (primary N) is 1. The smallest absolute Gasteiger partial charge is 0.236 e. The highest BCUT2D eigenvalue weighted by Crippen LogP contribution is 2.00. The zero-order valence-corrected chi connectivity index (χ0v) is 10.6. The van der Waals surface area contributed by atoms with E-state index in [0.717, 1.165) is 25.7 Å². The Balaban J connectivity index is 2.13. The molecule has 5 nitrogen and oxygen atoms in total. The number of nitrogens with one attached hydrogen (secondary N) is 1. The van der Waals surface area contributed by atoms with Crippen LogP contribution in [0.2, 0.25) is 0 Å². The first-order valence-electron chi connectivity index (χ1n) is 6.14. The third-order valence-electron chi connectivity index (χ3n) is 2.64. The molecule has 0 aliphatic rings. The van der Waals surface area contributed by atoms with Crippen molar-refractivity contribution < 1.29 is 4.79 Å². The molecule has 0 aliphatic carbocycles. The highest BCUT2D eigenvalue weighted by molar-refractivity contribution is 5.81. The molecule has 0 fully saturated rings. The molecule has 5 heteroatoms. The van der Waals surface area contributed by atoms with Gasteiger partial charge in [0.05, 0.1) is 12.2 Å². The summed E-state index contributed by atoms with van der Waals surface area (Å²) in [5, 5.41) is 6.95. The summed E-state index contributed by atoms with van der Waals surface area (Å²) < 4.78 is 1.78. The van der Waals surface area contributed by atoms with Crippen LogP contribution in [0, 0.1) is 0 Å². The van der Waals surface area contributed by atoms with E-state index in [0.29, 0.717) is 6.54 Å². The number of hydrogen-bond donors (Lipinski definition) is 2.